The monoisotopic (exact) mass is 195 g/mol. The summed E-state index contributed by atoms with van der Waals surface area (Å²) in [4.78, 5) is 10.7. The zero-order valence-corrected chi connectivity index (χ0v) is 8.64. The van der Waals surface area contributed by atoms with Crippen molar-refractivity contribution in [2.45, 2.75) is 19.8 Å². The van der Waals surface area contributed by atoms with Gasteiger partial charge in [0.2, 0.25) is 0 Å². The van der Waals surface area contributed by atoms with Gasteiger partial charge in [0.1, 0.15) is 0 Å². The first-order valence-electron chi connectivity index (χ1n) is 4.20. The van der Waals surface area contributed by atoms with Gasteiger partial charge in [0.15, 0.2) is 0 Å². The molecule has 2 nitrogen and oxygen atoms in total. The van der Waals surface area contributed by atoms with Crippen LogP contribution >= 0.6 is 12.6 Å². The van der Waals surface area contributed by atoms with Gasteiger partial charge in [0, 0.05) is 5.69 Å². The quantitative estimate of drug-likeness (QED) is 0.697. The highest BCUT2D eigenvalue weighted by Gasteiger charge is 2.05. The maximum atomic E-state index is 10.7. The average molecular weight is 195 g/mol. The summed E-state index contributed by atoms with van der Waals surface area (Å²) in [5.41, 5.74) is 1.97. The van der Waals surface area contributed by atoms with E-state index in [-0.39, 0.29) is 5.24 Å². The number of amides is 1. The maximum absolute atomic E-state index is 10.7. The van der Waals surface area contributed by atoms with Crippen molar-refractivity contribution < 1.29 is 4.79 Å². The van der Waals surface area contributed by atoms with Crippen LogP contribution in [-0.4, -0.2) is 5.24 Å². The first kappa shape index (κ1) is 10.1. The normalized spacial score (nSPS) is 10.2. The van der Waals surface area contributed by atoms with Gasteiger partial charge in [0.25, 0.3) is 5.24 Å². The molecule has 0 heterocycles. The van der Waals surface area contributed by atoms with Crippen molar-refractivity contribution in [2.75, 3.05) is 5.32 Å². The molecule has 0 aliphatic rings. The number of hydrogen-bond donors (Lipinski definition) is 2. The molecule has 0 spiro atoms. The smallest absolute Gasteiger partial charge is 0.280 e. The Hall–Kier alpha value is -0.960. The highest BCUT2D eigenvalue weighted by atomic mass is 32.1. The van der Waals surface area contributed by atoms with Crippen LogP contribution in [-0.2, 0) is 0 Å². The topological polar surface area (TPSA) is 29.1 Å². The Labute approximate surface area is 83.8 Å². The molecule has 3 heteroatoms. The second-order valence-electron chi connectivity index (χ2n) is 3.17. The van der Waals surface area contributed by atoms with Crippen molar-refractivity contribution in [3.63, 3.8) is 0 Å². The van der Waals surface area contributed by atoms with E-state index in [1.165, 1.54) is 0 Å². The summed E-state index contributed by atoms with van der Waals surface area (Å²) >= 11 is 3.68. The fourth-order valence-corrected chi connectivity index (χ4v) is 1.35. The Morgan fingerprint density at radius 3 is 2.54 bits per heavy atom. The minimum Gasteiger partial charge on any atom is -0.317 e. The minimum absolute atomic E-state index is 0.326. The summed E-state index contributed by atoms with van der Waals surface area (Å²) in [7, 11) is 0. The number of carbonyl (C=O) groups is 1. The van der Waals surface area contributed by atoms with E-state index < -0.39 is 0 Å². The minimum atomic E-state index is -0.326. The van der Waals surface area contributed by atoms with Crippen molar-refractivity contribution in [2.24, 2.45) is 0 Å². The van der Waals surface area contributed by atoms with Crippen LogP contribution in [0.25, 0.3) is 0 Å². The van der Waals surface area contributed by atoms with Crippen LogP contribution in [0.2, 0.25) is 0 Å². The van der Waals surface area contributed by atoms with E-state index in [1.807, 2.05) is 24.3 Å². The summed E-state index contributed by atoms with van der Waals surface area (Å²) in [5, 5.41) is 2.35. The lowest BCUT2D eigenvalue weighted by Crippen LogP contribution is -2.04. The van der Waals surface area contributed by atoms with Crippen LogP contribution in [0.1, 0.15) is 25.3 Å². The molecule has 13 heavy (non-hydrogen) atoms. The molecule has 0 radical (unpaired) electrons. The van der Waals surface area contributed by atoms with E-state index in [0.717, 1.165) is 11.3 Å². The van der Waals surface area contributed by atoms with Crippen molar-refractivity contribution in [1.29, 1.82) is 0 Å². The van der Waals surface area contributed by atoms with Crippen molar-refractivity contribution in [3.05, 3.63) is 29.8 Å². The first-order chi connectivity index (χ1) is 6.11. The molecule has 0 saturated carbocycles. The summed E-state index contributed by atoms with van der Waals surface area (Å²) in [6, 6.07) is 7.74. The number of thiol groups is 1. The zero-order valence-electron chi connectivity index (χ0n) is 7.74. The molecule has 1 N–H and O–H groups in total. The van der Waals surface area contributed by atoms with Crippen LogP contribution < -0.4 is 5.32 Å². The molecule has 1 rings (SSSR count). The lowest BCUT2D eigenvalue weighted by molar-refractivity contribution is 0.270. The van der Waals surface area contributed by atoms with E-state index in [4.69, 9.17) is 0 Å². The third kappa shape index (κ3) is 2.77. The number of nitrogens with one attached hydrogen (secondary N) is 1. The van der Waals surface area contributed by atoms with Crippen LogP contribution in [0.3, 0.4) is 0 Å². The number of carbonyl (C=O) groups excluding carboxylic acids is 1. The fourth-order valence-electron chi connectivity index (χ4n) is 1.23. The highest BCUT2D eigenvalue weighted by molar-refractivity contribution is 7.96. The highest BCUT2D eigenvalue weighted by Crippen LogP contribution is 2.23. The molecule has 0 bridgehead atoms. The fraction of sp³-hybridized carbons (Fsp3) is 0.300. The van der Waals surface area contributed by atoms with E-state index in [1.54, 1.807) is 0 Å². The first-order valence-corrected chi connectivity index (χ1v) is 4.65. The second-order valence-corrected chi connectivity index (χ2v) is 3.58. The molecule has 1 amide bonds. The van der Waals surface area contributed by atoms with Gasteiger partial charge in [-0.2, -0.15) is 0 Å². The zero-order chi connectivity index (χ0) is 9.84. The van der Waals surface area contributed by atoms with Crippen LogP contribution in [0.4, 0.5) is 10.5 Å². The summed E-state index contributed by atoms with van der Waals surface area (Å²) in [6.07, 6.45) is 0. The molecule has 0 atom stereocenters. The molecule has 0 fully saturated rings. The number of benzene rings is 1. The van der Waals surface area contributed by atoms with Gasteiger partial charge < -0.3 is 5.32 Å². The van der Waals surface area contributed by atoms with Crippen molar-refractivity contribution in [3.8, 4) is 0 Å². The van der Waals surface area contributed by atoms with Crippen LogP contribution in [0, 0.1) is 0 Å². The van der Waals surface area contributed by atoms with Gasteiger partial charge in [-0.05, 0) is 17.5 Å². The molecular weight excluding hydrogens is 182 g/mol. The molecule has 70 valence electrons. The summed E-state index contributed by atoms with van der Waals surface area (Å²) < 4.78 is 0. The second kappa shape index (κ2) is 4.33. The molecule has 0 aliphatic carbocycles. The Bertz CT molecular complexity index is 310. The Kier molecular flexibility index (Phi) is 3.37. The van der Waals surface area contributed by atoms with Crippen molar-refractivity contribution in [1.82, 2.24) is 0 Å². The largest absolute Gasteiger partial charge is 0.317 e. The standard InChI is InChI=1S/C10H13NOS/c1-7(2)8-5-3-4-6-9(8)11-10(12)13/h3-7H,1-2H3,(H2,11,12,13). The van der Waals surface area contributed by atoms with Crippen molar-refractivity contribution >= 4 is 23.6 Å². The molecule has 0 unspecified atom stereocenters. The number of rotatable bonds is 2. The molecule has 1 aromatic rings. The molecule has 0 aliphatic heterocycles. The van der Waals surface area contributed by atoms with E-state index in [2.05, 4.69) is 31.8 Å². The SMILES string of the molecule is CC(C)c1ccccc1NC(=O)S. The van der Waals surface area contributed by atoms with Crippen LogP contribution in [0.15, 0.2) is 24.3 Å². The van der Waals surface area contributed by atoms with Gasteiger partial charge in [0.05, 0.1) is 0 Å². The van der Waals surface area contributed by atoms with Crippen LogP contribution in [0.5, 0.6) is 0 Å². The number of para-hydroxylation sites is 1. The number of hydrogen-bond acceptors (Lipinski definition) is 1. The van der Waals surface area contributed by atoms with Gasteiger partial charge in [-0.25, -0.2) is 0 Å². The predicted octanol–water partition coefficient (Wildman–Crippen LogP) is 3.27. The predicted molar refractivity (Wildman–Crippen MR) is 58.5 cm³/mol. The van der Waals surface area contributed by atoms with Gasteiger partial charge >= 0.3 is 0 Å². The van der Waals surface area contributed by atoms with E-state index in [0.29, 0.717) is 5.92 Å². The molecule has 0 saturated heterocycles. The Balaban J connectivity index is 2.97. The number of anilines is 1. The average Bonchev–Trinajstić information content (AvgIpc) is 2.03. The third-order valence-corrected chi connectivity index (χ3v) is 1.94. The van der Waals surface area contributed by atoms with E-state index >= 15 is 0 Å². The third-order valence-electron chi connectivity index (χ3n) is 1.82. The van der Waals surface area contributed by atoms with Gasteiger partial charge in [-0.15, -0.1) is 0 Å². The Morgan fingerprint density at radius 1 is 1.38 bits per heavy atom. The summed E-state index contributed by atoms with van der Waals surface area (Å²) in [6.45, 7) is 4.17. The van der Waals surface area contributed by atoms with Gasteiger partial charge in [-0.1, -0.05) is 44.7 Å². The lowest BCUT2D eigenvalue weighted by atomic mass is 10.0. The molecule has 1 aromatic carbocycles. The lowest BCUT2D eigenvalue weighted by Gasteiger charge is -2.11. The molecule has 0 aromatic heterocycles. The van der Waals surface area contributed by atoms with E-state index in [9.17, 15) is 4.79 Å². The van der Waals surface area contributed by atoms with Gasteiger partial charge in [-0.3, -0.25) is 4.79 Å². The summed E-state index contributed by atoms with van der Waals surface area (Å²) in [5.74, 6) is 0.399. The Morgan fingerprint density at radius 2 is 2.00 bits per heavy atom. The molecular formula is C10H13NOS. The maximum Gasteiger partial charge on any atom is 0.280 e.